The van der Waals surface area contributed by atoms with Crippen molar-refractivity contribution in [2.24, 2.45) is 0 Å². The molecule has 3 aromatic rings. The van der Waals surface area contributed by atoms with E-state index in [1.54, 1.807) is 11.3 Å². The lowest BCUT2D eigenvalue weighted by Crippen LogP contribution is -2.25. The number of rotatable bonds is 4. The third-order valence-corrected chi connectivity index (χ3v) is 4.15. The van der Waals surface area contributed by atoms with Crippen LogP contribution < -0.4 is 5.32 Å². The first-order valence-electron chi connectivity index (χ1n) is 6.49. The van der Waals surface area contributed by atoms with E-state index in [0.717, 1.165) is 28.0 Å². The molecule has 20 heavy (non-hydrogen) atoms. The first kappa shape index (κ1) is 12.9. The molecule has 0 bridgehead atoms. The molecular formula is C15H15N3OS. The second-order valence-electron chi connectivity index (χ2n) is 4.64. The van der Waals surface area contributed by atoms with Crippen LogP contribution in [0.25, 0.3) is 10.9 Å². The molecule has 2 aromatic heterocycles. The van der Waals surface area contributed by atoms with Crippen molar-refractivity contribution in [3.63, 3.8) is 0 Å². The molecule has 1 aromatic carbocycles. The van der Waals surface area contributed by atoms with Crippen molar-refractivity contribution in [2.75, 3.05) is 6.54 Å². The predicted octanol–water partition coefficient (Wildman–Crippen LogP) is 2.91. The summed E-state index contributed by atoms with van der Waals surface area (Å²) in [5, 5.41) is 7.08. The van der Waals surface area contributed by atoms with Crippen LogP contribution in [0.15, 0.2) is 35.8 Å². The van der Waals surface area contributed by atoms with Gasteiger partial charge in [-0.3, -0.25) is 4.79 Å². The third-order valence-electron chi connectivity index (χ3n) is 3.12. The summed E-state index contributed by atoms with van der Waals surface area (Å²) in [6, 6.07) is 7.68. The molecule has 0 saturated carbocycles. The third kappa shape index (κ3) is 2.58. The highest BCUT2D eigenvalue weighted by molar-refractivity contribution is 7.09. The van der Waals surface area contributed by atoms with Crippen LogP contribution in [0.3, 0.4) is 0 Å². The topological polar surface area (TPSA) is 57.8 Å². The minimum absolute atomic E-state index is 0.0497. The summed E-state index contributed by atoms with van der Waals surface area (Å²) in [5.74, 6) is -0.0497. The van der Waals surface area contributed by atoms with Crippen molar-refractivity contribution in [3.8, 4) is 0 Å². The molecule has 2 N–H and O–H groups in total. The van der Waals surface area contributed by atoms with Gasteiger partial charge in [-0.15, -0.1) is 11.3 Å². The standard InChI is InChI=1S/C15H15N3OS/c1-10-9-20-13(18-10)6-8-17-15(19)12-4-2-3-11-5-7-16-14(11)12/h2-5,7,9,16H,6,8H2,1H3,(H,17,19). The average Bonchev–Trinajstić information content (AvgIpc) is 3.06. The molecule has 3 rings (SSSR count). The molecule has 0 aliphatic heterocycles. The number of thiazole rings is 1. The van der Waals surface area contributed by atoms with E-state index in [-0.39, 0.29) is 5.91 Å². The molecule has 102 valence electrons. The molecule has 0 saturated heterocycles. The van der Waals surface area contributed by atoms with Crippen molar-refractivity contribution in [3.05, 3.63) is 52.1 Å². The maximum Gasteiger partial charge on any atom is 0.253 e. The number of carbonyl (C=O) groups excluding carboxylic acids is 1. The van der Waals surface area contributed by atoms with Gasteiger partial charge in [0.25, 0.3) is 5.91 Å². The molecule has 2 heterocycles. The highest BCUT2D eigenvalue weighted by atomic mass is 32.1. The maximum absolute atomic E-state index is 12.2. The van der Waals surface area contributed by atoms with Crippen molar-refractivity contribution in [2.45, 2.75) is 13.3 Å². The number of aryl methyl sites for hydroxylation is 1. The van der Waals surface area contributed by atoms with Gasteiger partial charge in [0.2, 0.25) is 0 Å². The van der Waals surface area contributed by atoms with Gasteiger partial charge in [0.15, 0.2) is 0 Å². The quantitative estimate of drug-likeness (QED) is 0.774. The SMILES string of the molecule is Cc1csc(CCNC(=O)c2cccc3cc[nH]c23)n1. The summed E-state index contributed by atoms with van der Waals surface area (Å²) < 4.78 is 0. The zero-order valence-corrected chi connectivity index (χ0v) is 12.0. The van der Waals surface area contributed by atoms with Gasteiger partial charge in [0, 0.05) is 35.6 Å². The molecular weight excluding hydrogens is 270 g/mol. The van der Waals surface area contributed by atoms with Crippen LogP contribution in [0, 0.1) is 6.92 Å². The van der Waals surface area contributed by atoms with Crippen molar-refractivity contribution in [1.29, 1.82) is 0 Å². The van der Waals surface area contributed by atoms with E-state index < -0.39 is 0 Å². The molecule has 0 aliphatic carbocycles. The Labute approximate surface area is 120 Å². The zero-order valence-electron chi connectivity index (χ0n) is 11.1. The number of carbonyl (C=O) groups is 1. The van der Waals surface area contributed by atoms with Crippen LogP contribution in [0.5, 0.6) is 0 Å². The number of aromatic amines is 1. The van der Waals surface area contributed by atoms with Gasteiger partial charge in [-0.05, 0) is 19.1 Å². The van der Waals surface area contributed by atoms with Gasteiger partial charge in [0.05, 0.1) is 16.1 Å². The molecule has 4 nitrogen and oxygen atoms in total. The Bertz CT molecular complexity index is 744. The van der Waals surface area contributed by atoms with E-state index in [0.29, 0.717) is 12.1 Å². The number of nitrogens with one attached hydrogen (secondary N) is 2. The lowest BCUT2D eigenvalue weighted by molar-refractivity contribution is 0.0955. The van der Waals surface area contributed by atoms with Crippen LogP contribution >= 0.6 is 11.3 Å². The average molecular weight is 285 g/mol. The van der Waals surface area contributed by atoms with Crippen LogP contribution in [0.1, 0.15) is 21.1 Å². The number of H-pyrrole nitrogens is 1. The number of benzene rings is 1. The largest absolute Gasteiger partial charge is 0.361 e. The Kier molecular flexibility index (Phi) is 3.52. The van der Waals surface area contributed by atoms with Gasteiger partial charge in [-0.2, -0.15) is 0 Å². The lowest BCUT2D eigenvalue weighted by Gasteiger charge is -2.05. The predicted molar refractivity (Wildman–Crippen MR) is 81.2 cm³/mol. The fourth-order valence-electron chi connectivity index (χ4n) is 2.17. The summed E-state index contributed by atoms with van der Waals surface area (Å²) in [4.78, 5) is 19.7. The second kappa shape index (κ2) is 5.46. The molecule has 0 atom stereocenters. The fraction of sp³-hybridized carbons (Fsp3) is 0.200. The number of aromatic nitrogens is 2. The second-order valence-corrected chi connectivity index (χ2v) is 5.58. The summed E-state index contributed by atoms with van der Waals surface area (Å²) in [5.41, 5.74) is 2.60. The van der Waals surface area contributed by atoms with E-state index in [2.05, 4.69) is 15.3 Å². The van der Waals surface area contributed by atoms with Gasteiger partial charge in [0.1, 0.15) is 0 Å². The number of amides is 1. The summed E-state index contributed by atoms with van der Waals surface area (Å²) >= 11 is 1.63. The smallest absolute Gasteiger partial charge is 0.253 e. The van der Waals surface area contributed by atoms with Crippen LogP contribution in [0.4, 0.5) is 0 Å². The molecule has 1 amide bonds. The Morgan fingerprint density at radius 2 is 2.30 bits per heavy atom. The first-order chi connectivity index (χ1) is 9.74. The van der Waals surface area contributed by atoms with Gasteiger partial charge < -0.3 is 10.3 Å². The number of fused-ring (bicyclic) bond motifs is 1. The van der Waals surface area contributed by atoms with Crippen molar-refractivity contribution < 1.29 is 4.79 Å². The molecule has 0 spiro atoms. The van der Waals surface area contributed by atoms with Gasteiger partial charge in [-0.25, -0.2) is 4.98 Å². The Hall–Kier alpha value is -2.14. The van der Waals surface area contributed by atoms with Crippen LogP contribution in [0.2, 0.25) is 0 Å². The lowest BCUT2D eigenvalue weighted by atomic mass is 10.1. The number of hydrogen-bond donors (Lipinski definition) is 2. The fourth-order valence-corrected chi connectivity index (χ4v) is 2.95. The van der Waals surface area contributed by atoms with Crippen LogP contribution in [-0.4, -0.2) is 22.4 Å². The summed E-state index contributed by atoms with van der Waals surface area (Å²) in [6.07, 6.45) is 2.62. The first-order valence-corrected chi connectivity index (χ1v) is 7.37. The summed E-state index contributed by atoms with van der Waals surface area (Å²) in [6.45, 7) is 2.58. The highest BCUT2D eigenvalue weighted by Gasteiger charge is 2.10. The highest BCUT2D eigenvalue weighted by Crippen LogP contribution is 2.16. The Morgan fingerprint density at radius 3 is 3.10 bits per heavy atom. The Morgan fingerprint density at radius 1 is 1.40 bits per heavy atom. The van der Waals surface area contributed by atoms with E-state index in [9.17, 15) is 4.79 Å². The molecule has 0 fully saturated rings. The van der Waals surface area contributed by atoms with Crippen molar-refractivity contribution >= 4 is 28.1 Å². The summed E-state index contributed by atoms with van der Waals surface area (Å²) in [7, 11) is 0. The number of hydrogen-bond acceptors (Lipinski definition) is 3. The van der Waals surface area contributed by atoms with E-state index >= 15 is 0 Å². The van der Waals surface area contributed by atoms with Crippen LogP contribution in [-0.2, 0) is 6.42 Å². The number of nitrogens with zero attached hydrogens (tertiary/aromatic N) is 1. The Balaban J connectivity index is 1.66. The normalized spacial score (nSPS) is 10.8. The molecule has 5 heteroatoms. The molecule has 0 radical (unpaired) electrons. The van der Waals surface area contributed by atoms with E-state index in [1.807, 2.05) is 42.8 Å². The minimum Gasteiger partial charge on any atom is -0.361 e. The number of para-hydroxylation sites is 1. The minimum atomic E-state index is -0.0497. The van der Waals surface area contributed by atoms with Gasteiger partial charge in [-0.1, -0.05) is 12.1 Å². The van der Waals surface area contributed by atoms with Crippen molar-refractivity contribution in [1.82, 2.24) is 15.3 Å². The van der Waals surface area contributed by atoms with E-state index in [1.165, 1.54) is 0 Å². The van der Waals surface area contributed by atoms with E-state index in [4.69, 9.17) is 0 Å². The zero-order chi connectivity index (χ0) is 13.9. The monoisotopic (exact) mass is 285 g/mol. The van der Waals surface area contributed by atoms with Gasteiger partial charge >= 0.3 is 0 Å². The maximum atomic E-state index is 12.2. The molecule has 0 aliphatic rings. The molecule has 0 unspecified atom stereocenters.